The summed E-state index contributed by atoms with van der Waals surface area (Å²) in [5.74, 6) is 0.925. The zero-order chi connectivity index (χ0) is 12.9. The van der Waals surface area contributed by atoms with E-state index >= 15 is 0 Å². The zero-order valence-electron chi connectivity index (χ0n) is 11.3. The SMILES string of the molecule is CCC(C)C1CN(CCS(C)(=O)=O)CCCN1. The van der Waals surface area contributed by atoms with Crippen LogP contribution in [0.25, 0.3) is 0 Å². The fourth-order valence-corrected chi connectivity index (χ4v) is 2.78. The zero-order valence-corrected chi connectivity index (χ0v) is 12.1. The van der Waals surface area contributed by atoms with Gasteiger partial charge in [0.25, 0.3) is 0 Å². The van der Waals surface area contributed by atoms with E-state index in [4.69, 9.17) is 0 Å². The van der Waals surface area contributed by atoms with Crippen LogP contribution in [0.4, 0.5) is 0 Å². The van der Waals surface area contributed by atoms with Crippen LogP contribution in [0.1, 0.15) is 26.7 Å². The Labute approximate surface area is 106 Å². The maximum absolute atomic E-state index is 11.2. The highest BCUT2D eigenvalue weighted by molar-refractivity contribution is 7.90. The van der Waals surface area contributed by atoms with E-state index in [0.717, 1.165) is 32.5 Å². The molecule has 1 fully saturated rings. The normalized spacial score (nSPS) is 25.5. The largest absolute Gasteiger partial charge is 0.312 e. The minimum atomic E-state index is -2.84. The lowest BCUT2D eigenvalue weighted by Gasteiger charge is -2.27. The van der Waals surface area contributed by atoms with Gasteiger partial charge in [0.05, 0.1) is 5.75 Å². The molecule has 0 aromatic heterocycles. The molecule has 1 rings (SSSR count). The smallest absolute Gasteiger partial charge is 0.148 e. The predicted molar refractivity (Wildman–Crippen MR) is 72.0 cm³/mol. The number of hydrogen-bond acceptors (Lipinski definition) is 4. The maximum atomic E-state index is 11.2. The molecule has 1 aliphatic rings. The summed E-state index contributed by atoms with van der Waals surface area (Å²) in [5.41, 5.74) is 0. The van der Waals surface area contributed by atoms with Gasteiger partial charge >= 0.3 is 0 Å². The van der Waals surface area contributed by atoms with Crippen molar-refractivity contribution in [1.29, 1.82) is 0 Å². The Bertz CT molecular complexity index is 316. The third kappa shape index (κ3) is 5.84. The van der Waals surface area contributed by atoms with Gasteiger partial charge in [0.2, 0.25) is 0 Å². The Morgan fingerprint density at radius 2 is 2.18 bits per heavy atom. The van der Waals surface area contributed by atoms with Crippen LogP contribution in [-0.4, -0.2) is 57.5 Å². The lowest BCUT2D eigenvalue weighted by Crippen LogP contribution is -2.43. The summed E-state index contributed by atoms with van der Waals surface area (Å²) >= 11 is 0. The molecule has 2 unspecified atom stereocenters. The first-order chi connectivity index (χ1) is 7.92. The van der Waals surface area contributed by atoms with Crippen molar-refractivity contribution in [3.8, 4) is 0 Å². The standard InChI is InChI=1S/C12H26N2O2S/c1-4-11(2)12-10-14(7-5-6-13-12)8-9-17(3,15)16/h11-13H,4-10H2,1-3H3. The molecule has 0 aromatic carbocycles. The molecular formula is C12H26N2O2S. The summed E-state index contributed by atoms with van der Waals surface area (Å²) in [6, 6.07) is 0.502. The molecule has 17 heavy (non-hydrogen) atoms. The summed E-state index contributed by atoms with van der Waals surface area (Å²) < 4.78 is 22.4. The second-order valence-corrected chi connectivity index (χ2v) is 7.49. The van der Waals surface area contributed by atoms with E-state index in [2.05, 4.69) is 24.1 Å². The molecule has 0 aliphatic carbocycles. The summed E-state index contributed by atoms with van der Waals surface area (Å²) in [6.45, 7) is 8.17. The van der Waals surface area contributed by atoms with Crippen LogP contribution in [-0.2, 0) is 9.84 Å². The summed E-state index contributed by atoms with van der Waals surface area (Å²) in [5, 5.41) is 3.57. The Morgan fingerprint density at radius 1 is 1.47 bits per heavy atom. The van der Waals surface area contributed by atoms with Gasteiger partial charge in [-0.3, -0.25) is 0 Å². The number of sulfone groups is 1. The van der Waals surface area contributed by atoms with Crippen LogP contribution in [0.3, 0.4) is 0 Å². The Hall–Kier alpha value is -0.130. The van der Waals surface area contributed by atoms with Crippen molar-refractivity contribution in [3.05, 3.63) is 0 Å². The van der Waals surface area contributed by atoms with E-state index in [1.807, 2.05) is 0 Å². The van der Waals surface area contributed by atoms with Gasteiger partial charge in [-0.05, 0) is 25.4 Å². The highest BCUT2D eigenvalue weighted by Crippen LogP contribution is 2.12. The predicted octanol–water partition coefficient (Wildman–Crippen LogP) is 0.741. The molecule has 1 aliphatic heterocycles. The minimum absolute atomic E-state index is 0.278. The molecule has 102 valence electrons. The Balaban J connectivity index is 2.48. The molecule has 0 amide bonds. The quantitative estimate of drug-likeness (QED) is 0.794. The molecule has 0 aromatic rings. The van der Waals surface area contributed by atoms with Crippen LogP contribution in [0.15, 0.2) is 0 Å². The molecular weight excluding hydrogens is 236 g/mol. The van der Waals surface area contributed by atoms with Crippen LogP contribution >= 0.6 is 0 Å². The second kappa shape index (κ2) is 6.71. The highest BCUT2D eigenvalue weighted by Gasteiger charge is 2.22. The molecule has 5 heteroatoms. The number of hydrogen-bond donors (Lipinski definition) is 1. The van der Waals surface area contributed by atoms with Crippen molar-refractivity contribution < 1.29 is 8.42 Å². The van der Waals surface area contributed by atoms with Gasteiger partial charge in [0.15, 0.2) is 0 Å². The molecule has 2 atom stereocenters. The van der Waals surface area contributed by atoms with Crippen molar-refractivity contribution in [2.75, 3.05) is 38.2 Å². The van der Waals surface area contributed by atoms with Crippen LogP contribution in [0.5, 0.6) is 0 Å². The highest BCUT2D eigenvalue weighted by atomic mass is 32.2. The van der Waals surface area contributed by atoms with Crippen molar-refractivity contribution >= 4 is 9.84 Å². The molecule has 1 saturated heterocycles. The first-order valence-electron chi connectivity index (χ1n) is 6.56. The number of nitrogens with one attached hydrogen (secondary N) is 1. The fourth-order valence-electron chi connectivity index (χ4n) is 2.19. The van der Waals surface area contributed by atoms with Crippen molar-refractivity contribution in [2.45, 2.75) is 32.7 Å². The fraction of sp³-hybridized carbons (Fsp3) is 1.00. The number of nitrogens with zero attached hydrogens (tertiary/aromatic N) is 1. The Kier molecular flexibility index (Phi) is 5.89. The van der Waals surface area contributed by atoms with Crippen LogP contribution in [0.2, 0.25) is 0 Å². The van der Waals surface area contributed by atoms with E-state index in [9.17, 15) is 8.42 Å². The molecule has 4 nitrogen and oxygen atoms in total. The molecule has 1 heterocycles. The first kappa shape index (κ1) is 14.9. The number of rotatable bonds is 5. The Morgan fingerprint density at radius 3 is 2.76 bits per heavy atom. The van der Waals surface area contributed by atoms with Gasteiger partial charge in [-0.1, -0.05) is 20.3 Å². The van der Waals surface area contributed by atoms with Crippen molar-refractivity contribution in [3.63, 3.8) is 0 Å². The summed E-state index contributed by atoms with van der Waals surface area (Å²) in [4.78, 5) is 2.29. The lowest BCUT2D eigenvalue weighted by atomic mass is 9.99. The van der Waals surface area contributed by atoms with Gasteiger partial charge in [-0.25, -0.2) is 8.42 Å². The van der Waals surface area contributed by atoms with Gasteiger partial charge in [0.1, 0.15) is 9.84 Å². The van der Waals surface area contributed by atoms with E-state index in [1.54, 1.807) is 0 Å². The van der Waals surface area contributed by atoms with Crippen LogP contribution < -0.4 is 5.32 Å². The average Bonchev–Trinajstić information content (AvgIpc) is 2.49. The van der Waals surface area contributed by atoms with Gasteiger partial charge in [-0.15, -0.1) is 0 Å². The van der Waals surface area contributed by atoms with Crippen LogP contribution in [0, 0.1) is 5.92 Å². The van der Waals surface area contributed by atoms with E-state index < -0.39 is 9.84 Å². The van der Waals surface area contributed by atoms with Crippen molar-refractivity contribution in [1.82, 2.24) is 10.2 Å². The second-order valence-electron chi connectivity index (χ2n) is 5.23. The van der Waals surface area contributed by atoms with Crippen molar-refractivity contribution in [2.24, 2.45) is 5.92 Å². The van der Waals surface area contributed by atoms with E-state index in [0.29, 0.717) is 18.5 Å². The molecule has 1 N–H and O–H groups in total. The third-order valence-electron chi connectivity index (χ3n) is 3.62. The van der Waals surface area contributed by atoms with E-state index in [-0.39, 0.29) is 5.75 Å². The average molecular weight is 262 g/mol. The van der Waals surface area contributed by atoms with Gasteiger partial charge < -0.3 is 10.2 Å². The van der Waals surface area contributed by atoms with Gasteiger partial charge in [0, 0.05) is 25.4 Å². The maximum Gasteiger partial charge on any atom is 0.148 e. The van der Waals surface area contributed by atoms with Gasteiger partial charge in [-0.2, -0.15) is 0 Å². The summed E-state index contributed by atoms with van der Waals surface area (Å²) in [6.07, 6.45) is 3.59. The van der Waals surface area contributed by atoms with E-state index in [1.165, 1.54) is 6.26 Å². The molecule has 0 spiro atoms. The topological polar surface area (TPSA) is 49.4 Å². The first-order valence-corrected chi connectivity index (χ1v) is 8.62. The monoisotopic (exact) mass is 262 g/mol. The molecule has 0 bridgehead atoms. The molecule has 0 saturated carbocycles. The minimum Gasteiger partial charge on any atom is -0.312 e. The molecule has 0 radical (unpaired) electrons. The summed E-state index contributed by atoms with van der Waals surface area (Å²) in [7, 11) is -2.84. The lowest BCUT2D eigenvalue weighted by molar-refractivity contribution is 0.249. The third-order valence-corrected chi connectivity index (χ3v) is 4.55.